The standard InChI is InChI=1S/C15H22N2/c1-12-8-9-16-15(10-12)14-7-5-4-6-13(14)11-17(2)3/h8-10H,4-7,11H2,1-3H3. The molecule has 1 aromatic rings. The van der Waals surface area contributed by atoms with Crippen LogP contribution in [-0.4, -0.2) is 30.5 Å². The van der Waals surface area contributed by atoms with Crippen LogP contribution in [0.3, 0.4) is 0 Å². The summed E-state index contributed by atoms with van der Waals surface area (Å²) in [6.07, 6.45) is 7.00. The molecule has 2 nitrogen and oxygen atoms in total. The molecule has 1 aliphatic rings. The van der Waals surface area contributed by atoms with Crippen molar-refractivity contribution in [3.63, 3.8) is 0 Å². The summed E-state index contributed by atoms with van der Waals surface area (Å²) in [5.41, 5.74) is 5.58. The lowest BCUT2D eigenvalue weighted by atomic mass is 9.89. The van der Waals surface area contributed by atoms with E-state index in [2.05, 4.69) is 43.0 Å². The van der Waals surface area contributed by atoms with Crippen molar-refractivity contribution >= 4 is 5.57 Å². The molecule has 1 heterocycles. The number of likely N-dealkylation sites (N-methyl/N-ethyl adjacent to an activating group) is 1. The van der Waals surface area contributed by atoms with Gasteiger partial charge in [0.2, 0.25) is 0 Å². The first-order chi connectivity index (χ1) is 8.16. The second-order valence-corrected chi connectivity index (χ2v) is 5.25. The summed E-state index contributed by atoms with van der Waals surface area (Å²) < 4.78 is 0. The van der Waals surface area contributed by atoms with Gasteiger partial charge in [0.15, 0.2) is 0 Å². The monoisotopic (exact) mass is 230 g/mol. The van der Waals surface area contributed by atoms with Crippen LogP contribution >= 0.6 is 0 Å². The topological polar surface area (TPSA) is 16.1 Å². The molecule has 0 N–H and O–H groups in total. The molecule has 17 heavy (non-hydrogen) atoms. The van der Waals surface area contributed by atoms with Gasteiger partial charge < -0.3 is 4.90 Å². The van der Waals surface area contributed by atoms with E-state index < -0.39 is 0 Å². The first-order valence-corrected chi connectivity index (χ1v) is 6.45. The second kappa shape index (κ2) is 5.46. The molecule has 0 radical (unpaired) electrons. The lowest BCUT2D eigenvalue weighted by Crippen LogP contribution is -2.18. The molecule has 0 saturated carbocycles. The summed E-state index contributed by atoms with van der Waals surface area (Å²) in [6, 6.07) is 4.29. The summed E-state index contributed by atoms with van der Waals surface area (Å²) in [6.45, 7) is 3.21. The Labute approximate surface area is 104 Å². The maximum atomic E-state index is 4.54. The molecule has 0 spiro atoms. The van der Waals surface area contributed by atoms with E-state index >= 15 is 0 Å². The van der Waals surface area contributed by atoms with Crippen LogP contribution in [0.5, 0.6) is 0 Å². The minimum atomic E-state index is 1.07. The van der Waals surface area contributed by atoms with E-state index in [0.717, 1.165) is 6.54 Å². The van der Waals surface area contributed by atoms with Crippen LogP contribution < -0.4 is 0 Å². The van der Waals surface area contributed by atoms with Crippen LogP contribution in [0.25, 0.3) is 5.57 Å². The Morgan fingerprint density at radius 3 is 2.71 bits per heavy atom. The van der Waals surface area contributed by atoms with Crippen molar-refractivity contribution in [3.8, 4) is 0 Å². The van der Waals surface area contributed by atoms with Crippen molar-refractivity contribution in [2.24, 2.45) is 0 Å². The van der Waals surface area contributed by atoms with Gasteiger partial charge in [0.25, 0.3) is 0 Å². The lowest BCUT2D eigenvalue weighted by molar-refractivity contribution is 0.434. The summed E-state index contributed by atoms with van der Waals surface area (Å²) in [5, 5.41) is 0. The number of allylic oxidation sites excluding steroid dienone is 1. The first-order valence-electron chi connectivity index (χ1n) is 6.45. The Morgan fingerprint density at radius 1 is 1.24 bits per heavy atom. The highest BCUT2D eigenvalue weighted by Crippen LogP contribution is 2.31. The maximum absolute atomic E-state index is 4.54. The third-order valence-corrected chi connectivity index (χ3v) is 3.31. The van der Waals surface area contributed by atoms with Crippen LogP contribution in [0.15, 0.2) is 23.9 Å². The zero-order valence-electron chi connectivity index (χ0n) is 11.2. The molecular weight excluding hydrogens is 208 g/mol. The predicted molar refractivity (Wildman–Crippen MR) is 72.9 cm³/mol. The summed E-state index contributed by atoms with van der Waals surface area (Å²) >= 11 is 0. The number of nitrogens with zero attached hydrogens (tertiary/aromatic N) is 2. The van der Waals surface area contributed by atoms with E-state index in [-0.39, 0.29) is 0 Å². The van der Waals surface area contributed by atoms with Gasteiger partial charge in [-0.1, -0.05) is 5.57 Å². The molecule has 1 aromatic heterocycles. The molecule has 0 aromatic carbocycles. The molecular formula is C15H22N2. The first kappa shape index (κ1) is 12.3. The van der Waals surface area contributed by atoms with Crippen molar-refractivity contribution < 1.29 is 0 Å². The number of aromatic nitrogens is 1. The van der Waals surface area contributed by atoms with E-state index in [9.17, 15) is 0 Å². The Hall–Kier alpha value is -1.15. The molecule has 0 amide bonds. The number of pyridine rings is 1. The molecule has 0 unspecified atom stereocenters. The van der Waals surface area contributed by atoms with Gasteiger partial charge in [-0.3, -0.25) is 4.98 Å². The smallest absolute Gasteiger partial charge is 0.0664 e. The zero-order chi connectivity index (χ0) is 12.3. The average Bonchev–Trinajstić information content (AvgIpc) is 2.29. The van der Waals surface area contributed by atoms with Crippen LogP contribution in [0.1, 0.15) is 36.9 Å². The van der Waals surface area contributed by atoms with Gasteiger partial charge in [-0.15, -0.1) is 0 Å². The molecule has 0 bridgehead atoms. The van der Waals surface area contributed by atoms with E-state index in [1.165, 1.54) is 42.5 Å². The van der Waals surface area contributed by atoms with Crippen molar-refractivity contribution in [2.75, 3.05) is 20.6 Å². The molecule has 92 valence electrons. The van der Waals surface area contributed by atoms with Crippen LogP contribution in [0.4, 0.5) is 0 Å². The SMILES string of the molecule is Cc1ccnc(C2=C(CN(C)C)CCCC2)c1. The number of aryl methyl sites for hydroxylation is 1. The third kappa shape index (κ3) is 3.16. The van der Waals surface area contributed by atoms with E-state index in [1.807, 2.05) is 6.20 Å². The van der Waals surface area contributed by atoms with Gasteiger partial charge in [-0.05, 0) is 70.0 Å². The fourth-order valence-electron chi connectivity index (χ4n) is 2.53. The van der Waals surface area contributed by atoms with E-state index in [0.29, 0.717) is 0 Å². The fraction of sp³-hybridized carbons (Fsp3) is 0.533. The average molecular weight is 230 g/mol. The number of rotatable bonds is 3. The summed E-state index contributed by atoms with van der Waals surface area (Å²) in [5.74, 6) is 0. The van der Waals surface area contributed by atoms with Gasteiger partial charge in [-0.25, -0.2) is 0 Å². The quantitative estimate of drug-likeness (QED) is 0.792. The number of hydrogen-bond donors (Lipinski definition) is 0. The molecule has 0 fully saturated rings. The lowest BCUT2D eigenvalue weighted by Gasteiger charge is -2.23. The van der Waals surface area contributed by atoms with Crippen LogP contribution in [-0.2, 0) is 0 Å². The Morgan fingerprint density at radius 2 is 2.00 bits per heavy atom. The molecule has 2 heteroatoms. The minimum Gasteiger partial charge on any atom is -0.305 e. The molecule has 0 atom stereocenters. The van der Waals surface area contributed by atoms with Crippen molar-refractivity contribution in [1.29, 1.82) is 0 Å². The third-order valence-electron chi connectivity index (χ3n) is 3.31. The molecule has 2 rings (SSSR count). The van der Waals surface area contributed by atoms with Gasteiger partial charge >= 0.3 is 0 Å². The fourth-order valence-corrected chi connectivity index (χ4v) is 2.53. The van der Waals surface area contributed by atoms with Gasteiger partial charge in [0.05, 0.1) is 5.69 Å². The molecule has 1 aliphatic carbocycles. The van der Waals surface area contributed by atoms with Crippen LogP contribution in [0.2, 0.25) is 0 Å². The minimum absolute atomic E-state index is 1.07. The normalized spacial score (nSPS) is 16.7. The highest BCUT2D eigenvalue weighted by atomic mass is 15.0. The van der Waals surface area contributed by atoms with Crippen LogP contribution in [0, 0.1) is 6.92 Å². The van der Waals surface area contributed by atoms with Crippen molar-refractivity contribution in [1.82, 2.24) is 9.88 Å². The maximum Gasteiger partial charge on any atom is 0.0664 e. The summed E-state index contributed by atoms with van der Waals surface area (Å²) in [7, 11) is 4.28. The highest BCUT2D eigenvalue weighted by molar-refractivity contribution is 5.67. The van der Waals surface area contributed by atoms with Gasteiger partial charge in [-0.2, -0.15) is 0 Å². The molecule has 0 aliphatic heterocycles. The van der Waals surface area contributed by atoms with E-state index in [1.54, 1.807) is 5.57 Å². The predicted octanol–water partition coefficient (Wildman–Crippen LogP) is 3.28. The van der Waals surface area contributed by atoms with Gasteiger partial charge in [0, 0.05) is 12.7 Å². The van der Waals surface area contributed by atoms with E-state index in [4.69, 9.17) is 0 Å². The van der Waals surface area contributed by atoms with Crippen molar-refractivity contribution in [3.05, 3.63) is 35.2 Å². The Bertz CT molecular complexity index is 419. The summed E-state index contributed by atoms with van der Waals surface area (Å²) in [4.78, 5) is 6.80. The largest absolute Gasteiger partial charge is 0.305 e. The Kier molecular flexibility index (Phi) is 3.95. The second-order valence-electron chi connectivity index (χ2n) is 5.25. The van der Waals surface area contributed by atoms with Crippen molar-refractivity contribution in [2.45, 2.75) is 32.6 Å². The highest BCUT2D eigenvalue weighted by Gasteiger charge is 2.15. The number of hydrogen-bond acceptors (Lipinski definition) is 2. The zero-order valence-corrected chi connectivity index (χ0v) is 11.2. The molecule has 0 saturated heterocycles. The van der Waals surface area contributed by atoms with Gasteiger partial charge in [0.1, 0.15) is 0 Å². The Balaban J connectivity index is 2.34.